The zero-order valence-corrected chi connectivity index (χ0v) is 20.4. The molecule has 0 bridgehead atoms. The summed E-state index contributed by atoms with van der Waals surface area (Å²) < 4.78 is 8.19. The van der Waals surface area contributed by atoms with Crippen LogP contribution in [0.15, 0.2) is 77.9 Å². The van der Waals surface area contributed by atoms with E-state index in [-0.39, 0.29) is 16.8 Å². The molecule has 0 spiro atoms. The first-order chi connectivity index (χ1) is 17.3. The van der Waals surface area contributed by atoms with Crippen LogP contribution in [-0.2, 0) is 16.6 Å². The molecule has 4 aromatic rings. The van der Waals surface area contributed by atoms with E-state index >= 15 is 0 Å². The molecule has 0 fully saturated rings. The number of pyridine rings is 1. The number of anilines is 1. The maximum atomic E-state index is 14.0. The highest BCUT2D eigenvalue weighted by Gasteiger charge is 2.48. The fourth-order valence-corrected chi connectivity index (χ4v) is 4.58. The van der Waals surface area contributed by atoms with Crippen molar-refractivity contribution in [2.45, 2.75) is 13.8 Å². The standard InChI is InChI=1S/C28H24N4O4/c1-17-14-18(2)16-31(15-17)25-23(22-24(29-30(3)26(22)33)19-8-6-5-7-9-19)27(34)32(28(25)35)20-10-12-21(36-4)13-11-20/h5-16H,1-4H3/p+1. The molecule has 3 heterocycles. The van der Waals surface area contributed by atoms with Gasteiger partial charge in [0.25, 0.3) is 17.2 Å². The number of nitrogens with zero attached hydrogens (tertiary/aromatic N) is 3. The smallest absolute Gasteiger partial charge is 0.331 e. The zero-order valence-electron chi connectivity index (χ0n) is 20.4. The number of aryl methyl sites for hydroxylation is 3. The predicted octanol–water partition coefficient (Wildman–Crippen LogP) is 3.24. The van der Waals surface area contributed by atoms with Crippen molar-refractivity contribution < 1.29 is 18.9 Å². The van der Waals surface area contributed by atoms with E-state index < -0.39 is 17.4 Å². The van der Waals surface area contributed by atoms with E-state index in [9.17, 15) is 14.4 Å². The van der Waals surface area contributed by atoms with Crippen molar-refractivity contribution in [1.82, 2.24) is 9.78 Å². The maximum Gasteiger partial charge on any atom is 0.331 e. The lowest BCUT2D eigenvalue weighted by atomic mass is 10.00. The van der Waals surface area contributed by atoms with Crippen LogP contribution in [0.1, 0.15) is 16.7 Å². The number of methoxy groups -OCH3 is 1. The van der Waals surface area contributed by atoms with Gasteiger partial charge in [-0.25, -0.2) is 4.90 Å². The van der Waals surface area contributed by atoms with Gasteiger partial charge in [0.1, 0.15) is 11.3 Å². The van der Waals surface area contributed by atoms with Gasteiger partial charge in [0.2, 0.25) is 0 Å². The molecule has 1 aliphatic rings. The zero-order chi connectivity index (χ0) is 25.6. The number of aromatic amines is 1. The van der Waals surface area contributed by atoms with Gasteiger partial charge in [-0.15, -0.1) is 0 Å². The van der Waals surface area contributed by atoms with Gasteiger partial charge in [-0.2, -0.15) is 4.57 Å². The van der Waals surface area contributed by atoms with E-state index in [1.54, 1.807) is 55.4 Å². The first kappa shape index (κ1) is 23.0. The molecule has 0 unspecified atom stereocenters. The van der Waals surface area contributed by atoms with Gasteiger partial charge in [-0.05, 0) is 44.2 Å². The third-order valence-electron chi connectivity index (χ3n) is 6.15. The molecule has 36 heavy (non-hydrogen) atoms. The number of carbonyl (C=O) groups is 2. The molecule has 1 aliphatic heterocycles. The summed E-state index contributed by atoms with van der Waals surface area (Å²) in [5, 5.41) is 3.07. The van der Waals surface area contributed by atoms with Crippen LogP contribution in [0, 0.1) is 13.8 Å². The maximum absolute atomic E-state index is 14.0. The Balaban J connectivity index is 1.80. The summed E-state index contributed by atoms with van der Waals surface area (Å²) in [5.41, 5.74) is 3.33. The molecule has 180 valence electrons. The number of aromatic nitrogens is 3. The Labute approximate surface area is 207 Å². The SMILES string of the molecule is COc1ccc(N2C(=O)C(c3c(-c4ccccc4)[nH]n(C)c3=O)=C([n+]3cc(C)cc(C)c3)C2=O)cc1. The highest BCUT2D eigenvalue weighted by Crippen LogP contribution is 2.36. The Hall–Kier alpha value is -4.72. The lowest BCUT2D eigenvalue weighted by Crippen LogP contribution is -2.40. The quantitative estimate of drug-likeness (QED) is 0.350. The van der Waals surface area contributed by atoms with Gasteiger partial charge in [-0.1, -0.05) is 30.3 Å². The number of nitrogens with one attached hydrogen (secondary N) is 1. The molecule has 1 N–H and O–H groups in total. The van der Waals surface area contributed by atoms with Crippen LogP contribution >= 0.6 is 0 Å². The monoisotopic (exact) mass is 481 g/mol. The largest absolute Gasteiger partial charge is 0.497 e. The minimum atomic E-state index is -0.569. The fourth-order valence-electron chi connectivity index (χ4n) is 4.58. The van der Waals surface area contributed by atoms with Crippen molar-refractivity contribution in [3.63, 3.8) is 0 Å². The van der Waals surface area contributed by atoms with Crippen molar-refractivity contribution in [3.8, 4) is 17.0 Å². The van der Waals surface area contributed by atoms with Crippen molar-refractivity contribution in [2.24, 2.45) is 7.05 Å². The highest BCUT2D eigenvalue weighted by atomic mass is 16.5. The van der Waals surface area contributed by atoms with Gasteiger partial charge < -0.3 is 4.74 Å². The molecule has 0 aliphatic carbocycles. The summed E-state index contributed by atoms with van der Waals surface area (Å²) in [7, 11) is 3.13. The summed E-state index contributed by atoms with van der Waals surface area (Å²) in [5.74, 6) is -0.487. The van der Waals surface area contributed by atoms with Crippen LogP contribution < -0.4 is 19.8 Å². The van der Waals surface area contributed by atoms with Crippen LogP contribution in [-0.4, -0.2) is 28.7 Å². The number of amides is 2. The van der Waals surface area contributed by atoms with Crippen molar-refractivity contribution in [1.29, 1.82) is 0 Å². The third kappa shape index (κ3) is 3.73. The summed E-state index contributed by atoms with van der Waals surface area (Å²) >= 11 is 0. The minimum Gasteiger partial charge on any atom is -0.497 e. The summed E-state index contributed by atoms with van der Waals surface area (Å²) in [4.78, 5) is 42.5. The molecule has 0 radical (unpaired) electrons. The number of hydrogen-bond donors (Lipinski definition) is 1. The molecule has 5 rings (SSSR count). The molecular weight excluding hydrogens is 456 g/mol. The first-order valence-electron chi connectivity index (χ1n) is 11.4. The van der Waals surface area contributed by atoms with Crippen molar-refractivity contribution in [3.05, 3.63) is 100 Å². The Kier molecular flexibility index (Phi) is 5.64. The van der Waals surface area contributed by atoms with Crippen molar-refractivity contribution in [2.75, 3.05) is 12.0 Å². The van der Waals surface area contributed by atoms with Gasteiger partial charge in [0.15, 0.2) is 12.4 Å². The number of hydrogen-bond acceptors (Lipinski definition) is 4. The van der Waals surface area contributed by atoms with Crippen LogP contribution in [0.5, 0.6) is 5.75 Å². The second kappa shape index (κ2) is 8.81. The molecule has 2 aromatic heterocycles. The molecule has 8 heteroatoms. The lowest BCUT2D eigenvalue weighted by molar-refractivity contribution is -0.577. The average molecular weight is 482 g/mol. The first-order valence-corrected chi connectivity index (χ1v) is 11.4. The topological polar surface area (TPSA) is 88.3 Å². The molecule has 0 saturated carbocycles. The molecule has 0 saturated heterocycles. The van der Waals surface area contributed by atoms with Gasteiger partial charge in [0.05, 0.1) is 24.1 Å². The van der Waals surface area contributed by atoms with Crippen molar-refractivity contribution >= 4 is 28.8 Å². The Morgan fingerprint density at radius 1 is 0.861 bits per heavy atom. The van der Waals surface area contributed by atoms with E-state index in [0.717, 1.165) is 21.6 Å². The van der Waals surface area contributed by atoms with E-state index in [0.29, 0.717) is 17.1 Å². The number of H-pyrrole nitrogens is 1. The number of ether oxygens (including phenoxy) is 1. The molecule has 2 amide bonds. The normalized spacial score (nSPS) is 13.6. The summed E-state index contributed by atoms with van der Waals surface area (Å²) in [6, 6.07) is 17.9. The minimum absolute atomic E-state index is 0.0477. The number of imide groups is 1. The predicted molar refractivity (Wildman–Crippen MR) is 136 cm³/mol. The van der Waals surface area contributed by atoms with Crippen LogP contribution in [0.25, 0.3) is 22.5 Å². The molecule has 2 aromatic carbocycles. The van der Waals surface area contributed by atoms with Gasteiger partial charge in [-0.3, -0.25) is 24.2 Å². The van der Waals surface area contributed by atoms with E-state index in [2.05, 4.69) is 5.10 Å². The lowest BCUT2D eigenvalue weighted by Gasteiger charge is -2.14. The Bertz CT molecular complexity index is 1570. The summed E-state index contributed by atoms with van der Waals surface area (Å²) in [6.07, 6.45) is 3.56. The fraction of sp³-hybridized carbons (Fsp3) is 0.143. The second-order valence-electron chi connectivity index (χ2n) is 8.76. The number of benzene rings is 2. The average Bonchev–Trinajstić information content (AvgIpc) is 3.30. The summed E-state index contributed by atoms with van der Waals surface area (Å²) in [6.45, 7) is 3.83. The number of rotatable bonds is 5. The molecular formula is C28H25N4O4+. The Morgan fingerprint density at radius 3 is 2.11 bits per heavy atom. The van der Waals surface area contributed by atoms with E-state index in [1.807, 2.05) is 50.2 Å². The highest BCUT2D eigenvalue weighted by molar-refractivity contribution is 6.53. The number of carbonyl (C=O) groups excluding carboxylic acids is 2. The van der Waals surface area contributed by atoms with Gasteiger partial charge >= 0.3 is 5.91 Å². The van der Waals surface area contributed by atoms with Crippen LogP contribution in [0.3, 0.4) is 0 Å². The van der Waals surface area contributed by atoms with E-state index in [4.69, 9.17) is 4.74 Å². The van der Waals surface area contributed by atoms with E-state index in [1.165, 1.54) is 4.68 Å². The Morgan fingerprint density at radius 2 is 1.50 bits per heavy atom. The third-order valence-corrected chi connectivity index (χ3v) is 6.15. The molecule has 8 nitrogen and oxygen atoms in total. The van der Waals surface area contributed by atoms with Crippen LogP contribution in [0.2, 0.25) is 0 Å². The molecule has 0 atom stereocenters. The van der Waals surface area contributed by atoms with Gasteiger partial charge in [0, 0.05) is 23.7 Å². The second-order valence-corrected chi connectivity index (χ2v) is 8.76. The van der Waals surface area contributed by atoms with Crippen LogP contribution in [0.4, 0.5) is 5.69 Å².